The van der Waals surface area contributed by atoms with Crippen LogP contribution < -0.4 is 0 Å². The van der Waals surface area contributed by atoms with Gasteiger partial charge in [-0.05, 0) is 12.3 Å². The number of benzene rings is 1. The highest BCUT2D eigenvalue weighted by atomic mass is 32.1. The minimum absolute atomic E-state index is 0.425. The summed E-state index contributed by atoms with van der Waals surface area (Å²) in [6.45, 7) is 2.80. The van der Waals surface area contributed by atoms with E-state index in [1.165, 1.54) is 18.4 Å². The Kier molecular flexibility index (Phi) is 4.70. The predicted octanol–water partition coefficient (Wildman–Crippen LogP) is 2.93. The molecule has 1 heterocycles. The molecule has 0 saturated heterocycles. The molecular formula is C13H14FN3OS. The Bertz CT molecular complexity index is 515. The minimum atomic E-state index is -0.597. The average Bonchev–Trinajstić information content (AvgIpc) is 2.99. The summed E-state index contributed by atoms with van der Waals surface area (Å²) >= 11 is 1.47. The zero-order valence-corrected chi connectivity index (χ0v) is 11.3. The second-order valence-electron chi connectivity index (χ2n) is 3.93. The van der Waals surface area contributed by atoms with E-state index in [4.69, 9.17) is 4.74 Å². The average molecular weight is 279 g/mol. The second-order valence-corrected chi connectivity index (χ2v) is 4.76. The Morgan fingerprint density at radius 1 is 1.42 bits per heavy atom. The Labute approximate surface area is 115 Å². The highest BCUT2D eigenvalue weighted by Crippen LogP contribution is 2.27. The van der Waals surface area contributed by atoms with Crippen molar-refractivity contribution in [1.82, 2.24) is 10.2 Å². The molecule has 0 N–H and O–H groups in total. The van der Waals surface area contributed by atoms with Gasteiger partial charge in [0.15, 0.2) is 0 Å². The van der Waals surface area contributed by atoms with E-state index in [1.54, 1.807) is 5.51 Å². The molecule has 0 spiro atoms. The second kappa shape index (κ2) is 6.49. The SMILES string of the molecule is C=N[C@H](CF)[C@H](OC)c1ccc(-c2nncs2)cc1. The summed E-state index contributed by atoms with van der Waals surface area (Å²) in [5.74, 6) is 0. The number of hydrogen-bond acceptors (Lipinski definition) is 5. The Balaban J connectivity index is 2.23. The smallest absolute Gasteiger partial charge is 0.147 e. The maximum absolute atomic E-state index is 12.9. The highest BCUT2D eigenvalue weighted by molar-refractivity contribution is 7.12. The molecular weight excluding hydrogens is 265 g/mol. The molecule has 0 radical (unpaired) electrons. The van der Waals surface area contributed by atoms with Gasteiger partial charge < -0.3 is 4.74 Å². The van der Waals surface area contributed by atoms with Crippen LogP contribution in [0.2, 0.25) is 0 Å². The van der Waals surface area contributed by atoms with Crippen LogP contribution in [0.3, 0.4) is 0 Å². The van der Waals surface area contributed by atoms with Crippen LogP contribution in [-0.4, -0.2) is 36.7 Å². The molecule has 6 heteroatoms. The summed E-state index contributed by atoms with van der Waals surface area (Å²) < 4.78 is 18.2. The number of aromatic nitrogens is 2. The first kappa shape index (κ1) is 13.8. The zero-order chi connectivity index (χ0) is 13.7. The maximum atomic E-state index is 12.9. The normalized spacial score (nSPS) is 14.0. The van der Waals surface area contributed by atoms with Gasteiger partial charge in [-0.1, -0.05) is 35.6 Å². The summed E-state index contributed by atoms with van der Waals surface area (Å²) in [6.07, 6.45) is -0.425. The minimum Gasteiger partial charge on any atom is -0.374 e. The zero-order valence-electron chi connectivity index (χ0n) is 10.5. The maximum Gasteiger partial charge on any atom is 0.147 e. The van der Waals surface area contributed by atoms with Crippen LogP contribution in [0.15, 0.2) is 34.8 Å². The molecule has 0 fully saturated rings. The molecule has 19 heavy (non-hydrogen) atoms. The summed E-state index contributed by atoms with van der Waals surface area (Å²) in [5.41, 5.74) is 3.53. The van der Waals surface area contributed by atoms with Crippen LogP contribution in [-0.2, 0) is 4.74 Å². The van der Waals surface area contributed by atoms with Crippen LogP contribution in [0.4, 0.5) is 4.39 Å². The van der Waals surface area contributed by atoms with Gasteiger partial charge in [0.1, 0.15) is 29.3 Å². The van der Waals surface area contributed by atoms with Gasteiger partial charge in [-0.25, -0.2) is 4.39 Å². The molecule has 2 rings (SSSR count). The number of hydrogen-bond donors (Lipinski definition) is 0. The van der Waals surface area contributed by atoms with E-state index >= 15 is 0 Å². The van der Waals surface area contributed by atoms with Crippen molar-refractivity contribution in [3.63, 3.8) is 0 Å². The fourth-order valence-electron chi connectivity index (χ4n) is 1.85. The van der Waals surface area contributed by atoms with Crippen molar-refractivity contribution in [3.05, 3.63) is 35.3 Å². The molecule has 2 aromatic rings. The highest BCUT2D eigenvalue weighted by Gasteiger charge is 2.21. The molecule has 0 aliphatic heterocycles. The van der Waals surface area contributed by atoms with Crippen molar-refractivity contribution in [2.45, 2.75) is 12.1 Å². The molecule has 2 atom stereocenters. The van der Waals surface area contributed by atoms with Gasteiger partial charge in [0, 0.05) is 12.7 Å². The van der Waals surface area contributed by atoms with E-state index in [0.717, 1.165) is 16.1 Å². The lowest BCUT2D eigenvalue weighted by Gasteiger charge is -2.20. The van der Waals surface area contributed by atoms with Crippen molar-refractivity contribution >= 4 is 18.1 Å². The van der Waals surface area contributed by atoms with Crippen LogP contribution >= 0.6 is 11.3 Å². The third-order valence-electron chi connectivity index (χ3n) is 2.84. The first-order valence-corrected chi connectivity index (χ1v) is 6.59. The molecule has 0 saturated carbocycles. The van der Waals surface area contributed by atoms with Crippen LogP contribution in [0.5, 0.6) is 0 Å². The van der Waals surface area contributed by atoms with Crippen molar-refractivity contribution in [3.8, 4) is 10.6 Å². The fourth-order valence-corrected chi connectivity index (χ4v) is 2.42. The lowest BCUT2D eigenvalue weighted by atomic mass is 10.0. The van der Waals surface area contributed by atoms with E-state index in [9.17, 15) is 4.39 Å². The Hall–Kier alpha value is -1.66. The largest absolute Gasteiger partial charge is 0.374 e. The Morgan fingerprint density at radius 2 is 2.16 bits per heavy atom. The van der Waals surface area contributed by atoms with Gasteiger partial charge in [0.05, 0.1) is 0 Å². The van der Waals surface area contributed by atoms with Gasteiger partial charge >= 0.3 is 0 Å². The standard InChI is InChI=1S/C13H14FN3OS/c1-15-11(7-14)12(18-2)9-3-5-10(6-4-9)13-17-16-8-19-13/h3-6,8,11-12H,1,7H2,2H3/t11-,12-/m1/s1. The lowest BCUT2D eigenvalue weighted by Crippen LogP contribution is -2.20. The van der Waals surface area contributed by atoms with E-state index in [1.807, 2.05) is 24.3 Å². The van der Waals surface area contributed by atoms with Gasteiger partial charge in [0.25, 0.3) is 0 Å². The summed E-state index contributed by atoms with van der Waals surface area (Å²) in [4.78, 5) is 3.76. The number of halogens is 1. The molecule has 0 bridgehead atoms. The van der Waals surface area contributed by atoms with Crippen molar-refractivity contribution in [2.75, 3.05) is 13.8 Å². The summed E-state index contributed by atoms with van der Waals surface area (Å²) in [5, 5.41) is 8.65. The lowest BCUT2D eigenvalue weighted by molar-refractivity contribution is 0.0732. The van der Waals surface area contributed by atoms with Crippen molar-refractivity contribution in [1.29, 1.82) is 0 Å². The number of aliphatic imine (C=N–C) groups is 1. The molecule has 0 aliphatic rings. The first-order valence-electron chi connectivity index (χ1n) is 5.71. The molecule has 100 valence electrons. The third kappa shape index (κ3) is 3.02. The molecule has 4 nitrogen and oxygen atoms in total. The number of nitrogens with zero attached hydrogens (tertiary/aromatic N) is 3. The van der Waals surface area contributed by atoms with Gasteiger partial charge in [-0.2, -0.15) is 0 Å². The number of rotatable bonds is 6. The fraction of sp³-hybridized carbons (Fsp3) is 0.308. The molecule has 0 unspecified atom stereocenters. The molecule has 1 aromatic heterocycles. The van der Waals surface area contributed by atoms with E-state index in [-0.39, 0.29) is 0 Å². The monoisotopic (exact) mass is 279 g/mol. The third-order valence-corrected chi connectivity index (χ3v) is 3.58. The predicted molar refractivity (Wildman–Crippen MR) is 74.4 cm³/mol. The number of ether oxygens (including phenoxy) is 1. The van der Waals surface area contributed by atoms with Crippen molar-refractivity contribution < 1.29 is 9.13 Å². The molecule has 0 aliphatic carbocycles. The van der Waals surface area contributed by atoms with E-state index in [0.29, 0.717) is 0 Å². The Morgan fingerprint density at radius 3 is 2.63 bits per heavy atom. The van der Waals surface area contributed by atoms with Crippen LogP contribution in [0.1, 0.15) is 11.7 Å². The van der Waals surface area contributed by atoms with Crippen molar-refractivity contribution in [2.24, 2.45) is 4.99 Å². The van der Waals surface area contributed by atoms with E-state index in [2.05, 4.69) is 21.9 Å². The van der Waals surface area contributed by atoms with Gasteiger partial charge in [-0.15, -0.1) is 10.2 Å². The van der Waals surface area contributed by atoms with Gasteiger partial charge in [-0.3, -0.25) is 4.99 Å². The topological polar surface area (TPSA) is 47.4 Å². The van der Waals surface area contributed by atoms with Crippen LogP contribution in [0, 0.1) is 0 Å². The summed E-state index contributed by atoms with van der Waals surface area (Å²) in [6, 6.07) is 7.02. The van der Waals surface area contributed by atoms with Crippen LogP contribution in [0.25, 0.3) is 10.6 Å². The molecule has 0 amide bonds. The number of methoxy groups -OCH3 is 1. The molecule has 1 aromatic carbocycles. The summed E-state index contributed by atoms with van der Waals surface area (Å²) in [7, 11) is 1.54. The van der Waals surface area contributed by atoms with E-state index < -0.39 is 18.8 Å². The van der Waals surface area contributed by atoms with Gasteiger partial charge in [0.2, 0.25) is 0 Å². The quantitative estimate of drug-likeness (QED) is 0.764. The number of alkyl halides is 1. The first-order chi connectivity index (χ1) is 9.30.